The molecule has 0 spiro atoms. The molecule has 1 aromatic heterocycles. The molecule has 196 valence electrons. The second kappa shape index (κ2) is 12.9. The van der Waals surface area contributed by atoms with Crippen LogP contribution in [-0.2, 0) is 19.6 Å². The number of unbranched alkanes of at least 4 members (excludes halogenated alkanes) is 1. The number of carbonyl (C=O) groups excluding carboxylic acids is 1. The van der Waals surface area contributed by atoms with Crippen molar-refractivity contribution in [3.63, 3.8) is 0 Å². The topological polar surface area (TPSA) is 41.4 Å². The minimum atomic E-state index is -0.717. The van der Waals surface area contributed by atoms with Crippen molar-refractivity contribution < 1.29 is 13.6 Å². The Bertz CT molecular complexity index is 1160. The van der Waals surface area contributed by atoms with Gasteiger partial charge in [-0.15, -0.1) is 0 Å². The summed E-state index contributed by atoms with van der Waals surface area (Å²) in [5.41, 5.74) is 2.89. The molecule has 5 nitrogen and oxygen atoms in total. The summed E-state index contributed by atoms with van der Waals surface area (Å²) in [6.07, 6.45) is 3.26. The lowest BCUT2D eigenvalue weighted by molar-refractivity contribution is 0.0711. The molecule has 0 saturated carbocycles. The van der Waals surface area contributed by atoms with E-state index in [0.29, 0.717) is 6.54 Å². The third kappa shape index (κ3) is 6.90. The molecule has 3 aromatic rings. The molecule has 36 heavy (non-hydrogen) atoms. The van der Waals surface area contributed by atoms with Gasteiger partial charge in [-0.2, -0.15) is 0 Å². The van der Waals surface area contributed by atoms with Crippen LogP contribution in [0.25, 0.3) is 11.0 Å². The third-order valence-corrected chi connectivity index (χ3v) is 6.38. The molecule has 0 radical (unpaired) electrons. The van der Waals surface area contributed by atoms with Crippen LogP contribution in [0.15, 0.2) is 36.4 Å². The van der Waals surface area contributed by atoms with Crippen LogP contribution in [0.3, 0.4) is 0 Å². The Labute approximate surface area is 214 Å². The van der Waals surface area contributed by atoms with Crippen LogP contribution in [0.4, 0.5) is 8.78 Å². The number of fused-ring (bicyclic) bond motifs is 1. The zero-order chi connectivity index (χ0) is 26.2. The van der Waals surface area contributed by atoms with Gasteiger partial charge in [-0.3, -0.25) is 9.69 Å². The van der Waals surface area contributed by atoms with Gasteiger partial charge in [0.15, 0.2) is 0 Å². The lowest BCUT2D eigenvalue weighted by Gasteiger charge is -2.25. The molecule has 0 N–H and O–H groups in total. The number of aryl methyl sites for hydroxylation is 1. The monoisotopic (exact) mass is 498 g/mol. The summed E-state index contributed by atoms with van der Waals surface area (Å²) in [6, 6.07) is 9.42. The summed E-state index contributed by atoms with van der Waals surface area (Å²) in [7, 11) is 0. The second-order valence-corrected chi connectivity index (χ2v) is 9.93. The van der Waals surface area contributed by atoms with Gasteiger partial charge in [-0.05, 0) is 67.7 Å². The molecule has 0 aliphatic carbocycles. The van der Waals surface area contributed by atoms with Crippen LogP contribution in [0.5, 0.6) is 0 Å². The van der Waals surface area contributed by atoms with Crippen molar-refractivity contribution in [3.8, 4) is 0 Å². The first kappa shape index (κ1) is 27.8. The van der Waals surface area contributed by atoms with E-state index in [1.807, 2.05) is 13.8 Å². The van der Waals surface area contributed by atoms with E-state index >= 15 is 0 Å². The second-order valence-electron chi connectivity index (χ2n) is 9.93. The van der Waals surface area contributed by atoms with Crippen molar-refractivity contribution in [1.29, 1.82) is 0 Å². The Morgan fingerprint density at radius 1 is 1.03 bits per heavy atom. The fraction of sp³-hybridized carbons (Fsp3) is 0.517. The fourth-order valence-corrected chi connectivity index (χ4v) is 4.57. The van der Waals surface area contributed by atoms with E-state index in [2.05, 4.69) is 48.4 Å². The van der Waals surface area contributed by atoms with Gasteiger partial charge in [0.1, 0.15) is 17.5 Å². The third-order valence-electron chi connectivity index (χ3n) is 6.38. The first-order valence-corrected chi connectivity index (χ1v) is 13.2. The Morgan fingerprint density at radius 2 is 1.81 bits per heavy atom. The Balaban J connectivity index is 1.95. The van der Waals surface area contributed by atoms with Gasteiger partial charge in [0, 0.05) is 19.6 Å². The normalized spacial score (nSPS) is 11.7. The van der Waals surface area contributed by atoms with Crippen LogP contribution in [0.1, 0.15) is 75.6 Å². The molecule has 3 rings (SSSR count). The van der Waals surface area contributed by atoms with Gasteiger partial charge in [0.2, 0.25) is 0 Å². The van der Waals surface area contributed by atoms with Crippen molar-refractivity contribution in [2.45, 2.75) is 73.5 Å². The first-order chi connectivity index (χ1) is 17.3. The number of amides is 1. The molecule has 0 saturated heterocycles. The highest BCUT2D eigenvalue weighted by Crippen LogP contribution is 2.23. The standard InChI is InChI=1S/C29H40F2N4O/c1-6-9-15-33(8-3)19-22-10-13-27-26(16-22)32-28(35(27)14-7-2)20-34(18-21(4)5)29(36)24-17-23(30)11-12-25(24)31/h10-13,16-17,21H,6-9,14-15,18-20H2,1-5H3. The van der Waals surface area contributed by atoms with Crippen LogP contribution >= 0.6 is 0 Å². The summed E-state index contributed by atoms with van der Waals surface area (Å²) < 4.78 is 30.4. The summed E-state index contributed by atoms with van der Waals surface area (Å²) in [6.45, 7) is 14.9. The van der Waals surface area contributed by atoms with Gasteiger partial charge in [0.25, 0.3) is 5.91 Å². The van der Waals surface area contributed by atoms with Crippen LogP contribution in [0, 0.1) is 17.6 Å². The zero-order valence-electron chi connectivity index (χ0n) is 22.4. The summed E-state index contributed by atoms with van der Waals surface area (Å²) in [4.78, 5) is 22.3. The quantitative estimate of drug-likeness (QED) is 0.265. The molecule has 0 bridgehead atoms. The van der Waals surface area contributed by atoms with E-state index < -0.39 is 17.5 Å². The molecule has 0 fully saturated rings. The van der Waals surface area contributed by atoms with Crippen molar-refractivity contribution in [3.05, 3.63) is 65.0 Å². The van der Waals surface area contributed by atoms with Crippen molar-refractivity contribution >= 4 is 16.9 Å². The molecule has 1 heterocycles. The molecular weight excluding hydrogens is 458 g/mol. The summed E-state index contributed by atoms with van der Waals surface area (Å²) in [5.74, 6) is -0.955. The number of nitrogens with zero attached hydrogens (tertiary/aromatic N) is 4. The number of rotatable bonds is 13. The molecule has 2 aromatic carbocycles. The molecule has 7 heteroatoms. The van der Waals surface area contributed by atoms with Gasteiger partial charge >= 0.3 is 0 Å². The van der Waals surface area contributed by atoms with Crippen LogP contribution < -0.4 is 0 Å². The van der Waals surface area contributed by atoms with Gasteiger partial charge in [-0.25, -0.2) is 13.8 Å². The number of imidazole rings is 1. The minimum Gasteiger partial charge on any atom is -0.331 e. The number of hydrogen-bond acceptors (Lipinski definition) is 3. The summed E-state index contributed by atoms with van der Waals surface area (Å²) in [5, 5.41) is 0. The molecule has 0 atom stereocenters. The maximum absolute atomic E-state index is 14.4. The summed E-state index contributed by atoms with van der Waals surface area (Å²) >= 11 is 0. The minimum absolute atomic E-state index is 0.157. The Hall–Kier alpha value is -2.80. The number of hydrogen-bond donors (Lipinski definition) is 0. The maximum atomic E-state index is 14.4. The van der Waals surface area contributed by atoms with E-state index in [1.54, 1.807) is 4.90 Å². The van der Waals surface area contributed by atoms with Gasteiger partial charge < -0.3 is 9.47 Å². The SMILES string of the molecule is CCCCN(CC)Cc1ccc2c(c1)nc(CN(CC(C)C)C(=O)c1cc(F)ccc1F)n2CCC. The van der Waals surface area contributed by atoms with Crippen molar-refractivity contribution in [2.75, 3.05) is 19.6 Å². The van der Waals surface area contributed by atoms with Crippen molar-refractivity contribution in [2.24, 2.45) is 5.92 Å². The van der Waals surface area contributed by atoms with Crippen LogP contribution in [-0.4, -0.2) is 44.9 Å². The predicted molar refractivity (Wildman–Crippen MR) is 142 cm³/mol. The highest BCUT2D eigenvalue weighted by molar-refractivity contribution is 5.94. The number of benzene rings is 2. The van der Waals surface area contributed by atoms with E-state index in [0.717, 1.165) is 67.7 Å². The number of carbonyl (C=O) groups is 1. The van der Waals surface area contributed by atoms with Gasteiger partial charge in [-0.1, -0.05) is 47.1 Å². The highest BCUT2D eigenvalue weighted by Gasteiger charge is 2.24. The number of aromatic nitrogens is 2. The molecule has 0 unspecified atom stereocenters. The largest absolute Gasteiger partial charge is 0.331 e. The zero-order valence-corrected chi connectivity index (χ0v) is 22.4. The molecule has 0 aliphatic heterocycles. The van der Waals surface area contributed by atoms with Crippen molar-refractivity contribution in [1.82, 2.24) is 19.4 Å². The molecule has 0 aliphatic rings. The Morgan fingerprint density at radius 3 is 2.47 bits per heavy atom. The fourth-order valence-electron chi connectivity index (χ4n) is 4.57. The van der Waals surface area contributed by atoms with E-state index in [9.17, 15) is 13.6 Å². The average Bonchev–Trinajstić information content (AvgIpc) is 3.18. The molecule has 1 amide bonds. The smallest absolute Gasteiger partial charge is 0.257 e. The van der Waals surface area contributed by atoms with E-state index in [1.165, 1.54) is 18.4 Å². The van der Waals surface area contributed by atoms with E-state index in [-0.39, 0.29) is 18.0 Å². The Kier molecular flexibility index (Phi) is 9.99. The van der Waals surface area contributed by atoms with Gasteiger partial charge in [0.05, 0.1) is 23.1 Å². The lowest BCUT2D eigenvalue weighted by Crippen LogP contribution is -2.35. The maximum Gasteiger partial charge on any atom is 0.257 e. The predicted octanol–water partition coefficient (Wildman–Crippen LogP) is 6.64. The average molecular weight is 499 g/mol. The lowest BCUT2D eigenvalue weighted by atomic mass is 10.1. The number of halogens is 2. The highest BCUT2D eigenvalue weighted by atomic mass is 19.1. The van der Waals surface area contributed by atoms with Crippen LogP contribution in [0.2, 0.25) is 0 Å². The van der Waals surface area contributed by atoms with E-state index in [4.69, 9.17) is 4.98 Å². The first-order valence-electron chi connectivity index (χ1n) is 13.2. The molecular formula is C29H40F2N4O.